The quantitative estimate of drug-likeness (QED) is 0.755. The van der Waals surface area contributed by atoms with Gasteiger partial charge in [0.2, 0.25) is 0 Å². The summed E-state index contributed by atoms with van der Waals surface area (Å²) < 4.78 is 5.11. The Labute approximate surface area is 90.0 Å². The Morgan fingerprint density at radius 3 is 2.53 bits per heavy atom. The van der Waals surface area contributed by atoms with Crippen molar-refractivity contribution in [2.75, 3.05) is 21.2 Å². The van der Waals surface area contributed by atoms with E-state index in [0.717, 1.165) is 5.56 Å². The Morgan fingerprint density at radius 2 is 2.07 bits per heavy atom. The van der Waals surface area contributed by atoms with E-state index in [4.69, 9.17) is 4.74 Å². The molecule has 0 bridgehead atoms. The third kappa shape index (κ3) is 2.59. The van der Waals surface area contributed by atoms with Gasteiger partial charge in [-0.05, 0) is 23.8 Å². The van der Waals surface area contributed by atoms with E-state index >= 15 is 0 Å². The first kappa shape index (κ1) is 11.3. The molecule has 1 rings (SSSR count). The summed E-state index contributed by atoms with van der Waals surface area (Å²) in [5.74, 6) is 0.620. The first-order valence-corrected chi connectivity index (χ1v) is 4.61. The predicted octanol–water partition coefficient (Wildman–Crippen LogP) is 2.04. The van der Waals surface area contributed by atoms with Crippen molar-refractivity contribution in [1.29, 1.82) is 0 Å². The fraction of sp³-hybridized carbons (Fsp3) is 0.250. The number of rotatable bonds is 3. The lowest BCUT2D eigenvalue weighted by atomic mass is 10.1. The molecule has 0 unspecified atom stereocenters. The molecule has 0 aliphatic heterocycles. The summed E-state index contributed by atoms with van der Waals surface area (Å²) in [6.45, 7) is 3.67. The average Bonchev–Trinajstić information content (AvgIpc) is 2.27. The van der Waals surface area contributed by atoms with Crippen LogP contribution < -0.4 is 4.74 Å². The Balaban J connectivity index is 3.17. The van der Waals surface area contributed by atoms with Crippen LogP contribution in [0, 0.1) is 0 Å². The molecule has 0 N–H and O–H groups in total. The van der Waals surface area contributed by atoms with Crippen LogP contribution in [0.25, 0.3) is 6.08 Å². The fourth-order valence-corrected chi connectivity index (χ4v) is 1.24. The van der Waals surface area contributed by atoms with E-state index in [0.29, 0.717) is 11.3 Å². The zero-order valence-corrected chi connectivity index (χ0v) is 9.28. The molecule has 3 nitrogen and oxygen atoms in total. The maximum atomic E-state index is 11.7. The lowest BCUT2D eigenvalue weighted by Gasteiger charge is -2.12. The number of carbonyl (C=O) groups excluding carboxylic acids is 1. The van der Waals surface area contributed by atoms with E-state index in [1.807, 2.05) is 6.07 Å². The molecule has 1 amide bonds. The molecule has 0 aliphatic carbocycles. The molecule has 0 fully saturated rings. The molecular weight excluding hydrogens is 190 g/mol. The molecule has 0 radical (unpaired) electrons. The van der Waals surface area contributed by atoms with Crippen LogP contribution in [0.15, 0.2) is 24.8 Å². The van der Waals surface area contributed by atoms with Crippen molar-refractivity contribution in [3.63, 3.8) is 0 Å². The van der Waals surface area contributed by atoms with Crippen LogP contribution in [0.1, 0.15) is 15.9 Å². The molecule has 1 aromatic carbocycles. The van der Waals surface area contributed by atoms with Crippen molar-refractivity contribution in [1.82, 2.24) is 4.90 Å². The van der Waals surface area contributed by atoms with Crippen LogP contribution in [0.4, 0.5) is 0 Å². The average molecular weight is 205 g/mol. The van der Waals surface area contributed by atoms with Crippen molar-refractivity contribution >= 4 is 12.0 Å². The first-order valence-electron chi connectivity index (χ1n) is 4.61. The summed E-state index contributed by atoms with van der Waals surface area (Å²) in [5.41, 5.74) is 1.48. The molecule has 3 heteroatoms. The minimum absolute atomic E-state index is 0.0444. The topological polar surface area (TPSA) is 29.5 Å². The van der Waals surface area contributed by atoms with Gasteiger partial charge in [-0.25, -0.2) is 0 Å². The third-order valence-corrected chi connectivity index (χ3v) is 2.05. The Morgan fingerprint density at radius 1 is 1.40 bits per heavy atom. The molecule has 0 heterocycles. The molecule has 15 heavy (non-hydrogen) atoms. The molecule has 80 valence electrons. The molecule has 0 atom stereocenters. The number of nitrogens with zero attached hydrogens (tertiary/aromatic N) is 1. The maximum absolute atomic E-state index is 11.7. The van der Waals surface area contributed by atoms with Crippen molar-refractivity contribution in [3.05, 3.63) is 35.9 Å². The molecular formula is C12H15NO2. The fourth-order valence-electron chi connectivity index (χ4n) is 1.24. The van der Waals surface area contributed by atoms with Gasteiger partial charge in [-0.2, -0.15) is 0 Å². The van der Waals surface area contributed by atoms with E-state index in [-0.39, 0.29) is 5.91 Å². The summed E-state index contributed by atoms with van der Waals surface area (Å²) in [4.78, 5) is 13.2. The van der Waals surface area contributed by atoms with Gasteiger partial charge in [0, 0.05) is 19.7 Å². The van der Waals surface area contributed by atoms with Crippen molar-refractivity contribution in [3.8, 4) is 5.75 Å². The number of benzene rings is 1. The second kappa shape index (κ2) is 4.64. The van der Waals surface area contributed by atoms with Crippen LogP contribution in [0.2, 0.25) is 0 Å². The van der Waals surface area contributed by atoms with Gasteiger partial charge in [0.25, 0.3) is 5.91 Å². The van der Waals surface area contributed by atoms with Gasteiger partial charge in [0.1, 0.15) is 5.75 Å². The largest absolute Gasteiger partial charge is 0.497 e. The second-order valence-electron chi connectivity index (χ2n) is 3.40. The second-order valence-corrected chi connectivity index (χ2v) is 3.40. The lowest BCUT2D eigenvalue weighted by molar-refractivity contribution is 0.0827. The van der Waals surface area contributed by atoms with E-state index in [1.54, 1.807) is 39.4 Å². The zero-order valence-electron chi connectivity index (χ0n) is 9.28. The summed E-state index contributed by atoms with van der Waals surface area (Å²) in [6, 6.07) is 5.34. The molecule has 0 saturated heterocycles. The van der Waals surface area contributed by atoms with Crippen molar-refractivity contribution < 1.29 is 9.53 Å². The molecule has 0 aromatic heterocycles. The first-order chi connectivity index (χ1) is 7.08. The van der Waals surface area contributed by atoms with Crippen molar-refractivity contribution in [2.24, 2.45) is 0 Å². The third-order valence-electron chi connectivity index (χ3n) is 2.05. The lowest BCUT2D eigenvalue weighted by Crippen LogP contribution is -2.21. The van der Waals surface area contributed by atoms with Gasteiger partial charge in [-0.1, -0.05) is 12.7 Å². The highest BCUT2D eigenvalue weighted by Gasteiger charge is 2.09. The summed E-state index contributed by atoms with van der Waals surface area (Å²) in [5, 5.41) is 0. The van der Waals surface area contributed by atoms with Crippen LogP contribution >= 0.6 is 0 Å². The van der Waals surface area contributed by atoms with Crippen LogP contribution in [-0.2, 0) is 0 Å². The minimum Gasteiger partial charge on any atom is -0.497 e. The van der Waals surface area contributed by atoms with Gasteiger partial charge in [-0.3, -0.25) is 4.79 Å². The van der Waals surface area contributed by atoms with Crippen molar-refractivity contribution in [2.45, 2.75) is 0 Å². The van der Waals surface area contributed by atoms with Gasteiger partial charge >= 0.3 is 0 Å². The van der Waals surface area contributed by atoms with Gasteiger partial charge in [0.05, 0.1) is 7.11 Å². The molecule has 0 spiro atoms. The molecule has 1 aromatic rings. The SMILES string of the molecule is C=Cc1cc(OC)cc(C(=O)N(C)C)c1. The number of hydrogen-bond acceptors (Lipinski definition) is 2. The molecule has 0 saturated carbocycles. The van der Waals surface area contributed by atoms with Gasteiger partial charge < -0.3 is 9.64 Å². The highest BCUT2D eigenvalue weighted by atomic mass is 16.5. The summed E-state index contributed by atoms with van der Waals surface area (Å²) >= 11 is 0. The number of ether oxygens (including phenoxy) is 1. The van der Waals surface area contributed by atoms with E-state index in [1.165, 1.54) is 4.90 Å². The molecule has 0 aliphatic rings. The smallest absolute Gasteiger partial charge is 0.253 e. The standard InChI is InChI=1S/C12H15NO2/c1-5-9-6-10(12(14)13(2)3)8-11(7-9)15-4/h5-8H,1H2,2-4H3. The van der Waals surface area contributed by atoms with Crippen LogP contribution in [0.5, 0.6) is 5.75 Å². The van der Waals surface area contributed by atoms with E-state index in [9.17, 15) is 4.79 Å². The Bertz CT molecular complexity index is 383. The summed E-state index contributed by atoms with van der Waals surface area (Å²) in [7, 11) is 5.01. The Hall–Kier alpha value is -1.77. The summed E-state index contributed by atoms with van der Waals surface area (Å²) in [6.07, 6.45) is 1.69. The van der Waals surface area contributed by atoms with Gasteiger partial charge in [0.15, 0.2) is 0 Å². The highest BCUT2D eigenvalue weighted by Crippen LogP contribution is 2.18. The predicted molar refractivity (Wildman–Crippen MR) is 61.1 cm³/mol. The zero-order chi connectivity index (χ0) is 11.4. The highest BCUT2D eigenvalue weighted by molar-refractivity contribution is 5.94. The minimum atomic E-state index is -0.0444. The van der Waals surface area contributed by atoms with E-state index in [2.05, 4.69) is 6.58 Å². The van der Waals surface area contributed by atoms with E-state index < -0.39 is 0 Å². The van der Waals surface area contributed by atoms with Gasteiger partial charge in [-0.15, -0.1) is 0 Å². The van der Waals surface area contributed by atoms with Crippen LogP contribution in [-0.4, -0.2) is 32.0 Å². The number of amides is 1. The normalized spacial score (nSPS) is 9.53. The number of hydrogen-bond donors (Lipinski definition) is 0. The number of carbonyl (C=O) groups is 1. The Kier molecular flexibility index (Phi) is 3.50. The monoisotopic (exact) mass is 205 g/mol. The van der Waals surface area contributed by atoms with Crippen LogP contribution in [0.3, 0.4) is 0 Å². The maximum Gasteiger partial charge on any atom is 0.253 e. The number of methoxy groups -OCH3 is 1.